The molecule has 1 fully saturated rings. The first-order valence-electron chi connectivity index (χ1n) is 7.85. The minimum Gasteiger partial charge on any atom is -0.322 e. The molecule has 2 aromatic rings. The number of amides is 1. The third-order valence-electron chi connectivity index (χ3n) is 4.44. The number of hydrogen-bond donors (Lipinski definition) is 1. The molecule has 5 nitrogen and oxygen atoms in total. The Morgan fingerprint density at radius 3 is 2.78 bits per heavy atom. The van der Waals surface area contributed by atoms with Crippen LogP contribution in [0.4, 0.5) is 11.4 Å². The quantitative estimate of drug-likeness (QED) is 0.857. The van der Waals surface area contributed by atoms with E-state index in [1.165, 1.54) is 12.8 Å². The zero-order chi connectivity index (χ0) is 16.6. The monoisotopic (exact) mass is 308 g/mol. The lowest BCUT2D eigenvalue weighted by molar-refractivity contribution is 0.102. The van der Waals surface area contributed by atoms with E-state index in [4.69, 9.17) is 6.57 Å². The molecule has 0 spiro atoms. The van der Waals surface area contributed by atoms with E-state index in [9.17, 15) is 4.79 Å². The Kier molecular flexibility index (Phi) is 3.91. The van der Waals surface area contributed by atoms with Crippen molar-refractivity contribution in [2.45, 2.75) is 39.7 Å². The van der Waals surface area contributed by atoms with Crippen molar-refractivity contribution in [3.63, 3.8) is 0 Å². The SMILES string of the molecule is [C-]#[N+]c1ccc(C)c(NC(=O)c2cc(C)n(C(C)C3CC3)n2)c1. The van der Waals surface area contributed by atoms with Gasteiger partial charge < -0.3 is 5.32 Å². The Morgan fingerprint density at radius 2 is 2.13 bits per heavy atom. The van der Waals surface area contributed by atoms with Crippen LogP contribution in [0.5, 0.6) is 0 Å². The third-order valence-corrected chi connectivity index (χ3v) is 4.44. The van der Waals surface area contributed by atoms with Crippen LogP contribution in [0.25, 0.3) is 4.85 Å². The summed E-state index contributed by atoms with van der Waals surface area (Å²) in [4.78, 5) is 15.9. The van der Waals surface area contributed by atoms with Crippen molar-refractivity contribution in [2.24, 2.45) is 5.92 Å². The molecule has 1 aliphatic rings. The number of anilines is 1. The Morgan fingerprint density at radius 1 is 1.39 bits per heavy atom. The number of benzene rings is 1. The van der Waals surface area contributed by atoms with Crippen molar-refractivity contribution < 1.29 is 4.79 Å². The molecule has 0 radical (unpaired) electrons. The van der Waals surface area contributed by atoms with Crippen molar-refractivity contribution in [2.75, 3.05) is 5.32 Å². The van der Waals surface area contributed by atoms with Crippen LogP contribution in [0.1, 0.15) is 47.6 Å². The second-order valence-electron chi connectivity index (χ2n) is 6.26. The number of carbonyl (C=O) groups excluding carboxylic acids is 1. The fourth-order valence-electron chi connectivity index (χ4n) is 2.79. The molecule has 5 heteroatoms. The third kappa shape index (κ3) is 3.11. The zero-order valence-corrected chi connectivity index (χ0v) is 13.6. The van der Waals surface area contributed by atoms with Crippen LogP contribution in [0.2, 0.25) is 0 Å². The second-order valence-corrected chi connectivity index (χ2v) is 6.26. The number of hydrogen-bond acceptors (Lipinski definition) is 2. The molecule has 1 aliphatic carbocycles. The van der Waals surface area contributed by atoms with Gasteiger partial charge in [0.25, 0.3) is 5.91 Å². The molecule has 1 unspecified atom stereocenters. The summed E-state index contributed by atoms with van der Waals surface area (Å²) in [6.45, 7) is 13.1. The minimum atomic E-state index is -0.236. The van der Waals surface area contributed by atoms with Crippen LogP contribution in [-0.4, -0.2) is 15.7 Å². The van der Waals surface area contributed by atoms with Gasteiger partial charge in [0.05, 0.1) is 12.6 Å². The number of aromatic nitrogens is 2. The van der Waals surface area contributed by atoms with Gasteiger partial charge in [0, 0.05) is 11.4 Å². The molecule has 1 atom stereocenters. The molecule has 3 rings (SSSR count). The molecule has 0 aliphatic heterocycles. The van der Waals surface area contributed by atoms with Crippen molar-refractivity contribution in [1.29, 1.82) is 0 Å². The van der Waals surface area contributed by atoms with Crippen molar-refractivity contribution >= 4 is 17.3 Å². The Hall–Kier alpha value is -2.61. The first-order valence-corrected chi connectivity index (χ1v) is 7.85. The summed E-state index contributed by atoms with van der Waals surface area (Å²) >= 11 is 0. The van der Waals surface area contributed by atoms with E-state index in [2.05, 4.69) is 22.2 Å². The predicted octanol–water partition coefficient (Wildman–Crippen LogP) is 4.27. The Balaban J connectivity index is 1.81. The predicted molar refractivity (Wildman–Crippen MR) is 89.8 cm³/mol. The van der Waals surface area contributed by atoms with E-state index in [0.717, 1.165) is 11.3 Å². The van der Waals surface area contributed by atoms with Gasteiger partial charge in [-0.3, -0.25) is 9.48 Å². The van der Waals surface area contributed by atoms with Gasteiger partial charge in [0.2, 0.25) is 0 Å². The molecular formula is C18H20N4O. The van der Waals surface area contributed by atoms with Crippen LogP contribution >= 0.6 is 0 Å². The molecule has 1 aromatic heterocycles. The van der Waals surface area contributed by atoms with E-state index < -0.39 is 0 Å². The highest BCUT2D eigenvalue weighted by molar-refractivity contribution is 6.03. The molecule has 1 saturated carbocycles. The second kappa shape index (κ2) is 5.88. The zero-order valence-electron chi connectivity index (χ0n) is 13.6. The van der Waals surface area contributed by atoms with Crippen LogP contribution in [0.15, 0.2) is 24.3 Å². The lowest BCUT2D eigenvalue weighted by Crippen LogP contribution is -2.15. The van der Waals surface area contributed by atoms with Gasteiger partial charge in [0.1, 0.15) is 0 Å². The summed E-state index contributed by atoms with van der Waals surface area (Å²) in [5.41, 5.74) is 3.51. The highest BCUT2D eigenvalue weighted by atomic mass is 16.2. The summed E-state index contributed by atoms with van der Waals surface area (Å²) in [7, 11) is 0. The average molecular weight is 308 g/mol. The van der Waals surface area contributed by atoms with Crippen LogP contribution < -0.4 is 5.32 Å². The van der Waals surface area contributed by atoms with E-state index in [1.54, 1.807) is 12.1 Å². The number of nitrogens with one attached hydrogen (secondary N) is 1. The number of nitrogens with zero attached hydrogens (tertiary/aromatic N) is 3. The molecule has 1 heterocycles. The molecule has 1 N–H and O–H groups in total. The smallest absolute Gasteiger partial charge is 0.276 e. The van der Waals surface area contributed by atoms with Gasteiger partial charge in [0.15, 0.2) is 11.4 Å². The normalized spacial score (nSPS) is 15.0. The van der Waals surface area contributed by atoms with Crippen LogP contribution in [-0.2, 0) is 0 Å². The molecule has 23 heavy (non-hydrogen) atoms. The molecule has 1 amide bonds. The number of aryl methyl sites for hydroxylation is 2. The van der Waals surface area contributed by atoms with Gasteiger partial charge in [-0.15, -0.1) is 0 Å². The summed E-state index contributed by atoms with van der Waals surface area (Å²) in [6.07, 6.45) is 2.48. The molecule has 0 bridgehead atoms. The maximum atomic E-state index is 12.5. The van der Waals surface area contributed by atoms with Crippen molar-refractivity contribution in [3.8, 4) is 0 Å². The highest BCUT2D eigenvalue weighted by Gasteiger charge is 2.31. The largest absolute Gasteiger partial charge is 0.322 e. The molecule has 0 saturated heterocycles. The summed E-state index contributed by atoms with van der Waals surface area (Å²) in [5, 5.41) is 7.35. The average Bonchev–Trinajstić information content (AvgIpc) is 3.31. The first kappa shape index (κ1) is 15.3. The number of rotatable bonds is 4. The maximum absolute atomic E-state index is 12.5. The summed E-state index contributed by atoms with van der Waals surface area (Å²) in [5.74, 6) is 0.446. The van der Waals surface area contributed by atoms with E-state index in [-0.39, 0.29) is 5.91 Å². The minimum absolute atomic E-state index is 0.236. The van der Waals surface area contributed by atoms with Gasteiger partial charge >= 0.3 is 0 Å². The van der Waals surface area contributed by atoms with E-state index in [1.807, 2.05) is 30.7 Å². The fraction of sp³-hybridized carbons (Fsp3) is 0.389. The Bertz CT molecular complexity index is 796. The van der Waals surface area contributed by atoms with Gasteiger partial charge in [-0.2, -0.15) is 5.10 Å². The van der Waals surface area contributed by atoms with E-state index >= 15 is 0 Å². The summed E-state index contributed by atoms with van der Waals surface area (Å²) < 4.78 is 1.95. The summed E-state index contributed by atoms with van der Waals surface area (Å²) in [6, 6.07) is 7.43. The fourth-order valence-corrected chi connectivity index (χ4v) is 2.79. The topological polar surface area (TPSA) is 51.3 Å². The van der Waals surface area contributed by atoms with Gasteiger partial charge in [-0.25, -0.2) is 4.85 Å². The Labute approximate surface area is 136 Å². The maximum Gasteiger partial charge on any atom is 0.276 e. The first-order chi connectivity index (χ1) is 11.0. The lowest BCUT2D eigenvalue weighted by atomic mass is 10.2. The molecule has 118 valence electrons. The van der Waals surface area contributed by atoms with E-state index in [0.29, 0.717) is 29.0 Å². The standard InChI is InChI=1S/C18H20N4O/c1-11-5-8-15(19-4)10-16(11)20-18(23)17-9-12(2)22(21-17)13(3)14-6-7-14/h5,8-10,13-14H,6-7H2,1-3H3,(H,20,23). The van der Waals surface area contributed by atoms with Gasteiger partial charge in [-0.1, -0.05) is 12.1 Å². The molecule has 1 aromatic carbocycles. The van der Waals surface area contributed by atoms with Crippen molar-refractivity contribution in [1.82, 2.24) is 9.78 Å². The highest BCUT2D eigenvalue weighted by Crippen LogP contribution is 2.39. The van der Waals surface area contributed by atoms with Crippen LogP contribution in [0.3, 0.4) is 0 Å². The number of carbonyl (C=O) groups is 1. The van der Waals surface area contributed by atoms with Gasteiger partial charge in [-0.05, 0) is 57.2 Å². The van der Waals surface area contributed by atoms with Crippen molar-refractivity contribution in [3.05, 3.63) is 52.6 Å². The molecular weight excluding hydrogens is 288 g/mol. The lowest BCUT2D eigenvalue weighted by Gasteiger charge is -2.12. The van der Waals surface area contributed by atoms with Crippen LogP contribution in [0, 0.1) is 26.3 Å².